The van der Waals surface area contributed by atoms with E-state index in [0.717, 1.165) is 6.54 Å². The zero-order chi connectivity index (χ0) is 12.3. The molecule has 0 aromatic carbocycles. The molecule has 0 saturated carbocycles. The Balaban J connectivity index is 2.66. The van der Waals surface area contributed by atoms with Crippen molar-refractivity contribution >= 4 is 7.12 Å². The molecule has 0 fully saturated rings. The second-order valence-electron chi connectivity index (χ2n) is 4.92. The molecule has 3 nitrogen and oxygen atoms in total. The van der Waals surface area contributed by atoms with Crippen LogP contribution >= 0.6 is 0 Å². The molecule has 0 aromatic heterocycles. The fourth-order valence-electron chi connectivity index (χ4n) is 2.22. The Morgan fingerprint density at radius 2 is 1.81 bits per heavy atom. The average Bonchev–Trinajstić information content (AvgIpc) is 2.60. The van der Waals surface area contributed by atoms with Crippen LogP contribution < -0.4 is 0 Å². The van der Waals surface area contributed by atoms with Crippen LogP contribution in [0.15, 0.2) is 23.7 Å². The molecule has 0 spiro atoms. The summed E-state index contributed by atoms with van der Waals surface area (Å²) < 4.78 is 0. The monoisotopic (exact) mass is 223 g/mol. The van der Waals surface area contributed by atoms with Crippen LogP contribution in [0.25, 0.3) is 0 Å². The Labute approximate surface area is 98.6 Å². The van der Waals surface area contributed by atoms with E-state index in [9.17, 15) is 10.0 Å². The second kappa shape index (κ2) is 5.66. The lowest BCUT2D eigenvalue weighted by molar-refractivity contribution is 0.165. The van der Waals surface area contributed by atoms with Crippen LogP contribution in [0.4, 0.5) is 0 Å². The summed E-state index contributed by atoms with van der Waals surface area (Å²) in [5, 5.41) is 18.5. The van der Waals surface area contributed by atoms with Crippen LogP contribution in [0.3, 0.4) is 0 Å². The summed E-state index contributed by atoms with van der Waals surface area (Å²) >= 11 is 0. The standard InChI is InChI=1S/C12H22BNO2/c1-9(2)14(10(3)4)8-11-6-5-7-12(11)13(15)16/h5-7,9-11,15-16H,8H2,1-4H3. The molecule has 0 radical (unpaired) electrons. The Kier molecular flexibility index (Phi) is 4.78. The SMILES string of the molecule is CC(C)N(CC1C=CC=C1B(O)O)C(C)C. The molecule has 0 aromatic rings. The van der Waals surface area contributed by atoms with Gasteiger partial charge in [-0.1, -0.05) is 18.2 Å². The maximum Gasteiger partial charge on any atom is 0.484 e. The summed E-state index contributed by atoms with van der Waals surface area (Å²) in [6, 6.07) is 0.928. The number of nitrogens with zero attached hydrogens (tertiary/aromatic N) is 1. The van der Waals surface area contributed by atoms with E-state index in [2.05, 4.69) is 32.6 Å². The minimum atomic E-state index is -1.33. The van der Waals surface area contributed by atoms with Crippen LogP contribution in [0, 0.1) is 5.92 Å². The molecule has 0 amide bonds. The third-order valence-corrected chi connectivity index (χ3v) is 3.09. The van der Waals surface area contributed by atoms with Crippen molar-refractivity contribution < 1.29 is 10.0 Å². The second-order valence-corrected chi connectivity index (χ2v) is 4.92. The first-order valence-electron chi connectivity index (χ1n) is 5.93. The highest BCUT2D eigenvalue weighted by Gasteiger charge is 2.27. The first kappa shape index (κ1) is 13.5. The van der Waals surface area contributed by atoms with E-state index in [1.165, 1.54) is 0 Å². The highest BCUT2D eigenvalue weighted by atomic mass is 16.4. The van der Waals surface area contributed by atoms with E-state index in [1.54, 1.807) is 6.08 Å². The minimum absolute atomic E-state index is 0.129. The topological polar surface area (TPSA) is 43.7 Å². The molecule has 1 unspecified atom stereocenters. The highest BCUT2D eigenvalue weighted by Crippen LogP contribution is 2.23. The molecule has 1 rings (SSSR count). The molecule has 1 aliphatic rings. The first-order chi connectivity index (χ1) is 7.43. The molecule has 16 heavy (non-hydrogen) atoms. The zero-order valence-corrected chi connectivity index (χ0v) is 10.6. The third kappa shape index (κ3) is 3.21. The lowest BCUT2D eigenvalue weighted by atomic mass is 9.73. The molecule has 4 heteroatoms. The Morgan fingerprint density at radius 1 is 1.25 bits per heavy atom. The molecular weight excluding hydrogens is 201 g/mol. The number of rotatable bonds is 5. The summed E-state index contributed by atoms with van der Waals surface area (Å²) in [7, 11) is -1.33. The van der Waals surface area contributed by atoms with E-state index >= 15 is 0 Å². The predicted molar refractivity (Wildman–Crippen MR) is 67.9 cm³/mol. The third-order valence-electron chi connectivity index (χ3n) is 3.09. The molecule has 0 saturated heterocycles. The lowest BCUT2D eigenvalue weighted by Gasteiger charge is -2.33. The number of hydrogen-bond acceptors (Lipinski definition) is 3. The van der Waals surface area contributed by atoms with Gasteiger partial charge in [0.15, 0.2) is 0 Å². The Bertz CT molecular complexity index is 277. The summed E-state index contributed by atoms with van der Waals surface area (Å²) in [5.41, 5.74) is 0.700. The summed E-state index contributed by atoms with van der Waals surface area (Å²) in [5.74, 6) is 0.129. The molecule has 0 bridgehead atoms. The fourth-order valence-corrected chi connectivity index (χ4v) is 2.22. The predicted octanol–water partition coefficient (Wildman–Crippen LogP) is 1.23. The maximum absolute atomic E-state index is 9.24. The molecule has 90 valence electrons. The van der Waals surface area contributed by atoms with Gasteiger partial charge in [0.05, 0.1) is 0 Å². The van der Waals surface area contributed by atoms with Gasteiger partial charge >= 0.3 is 7.12 Å². The van der Waals surface area contributed by atoms with Crippen molar-refractivity contribution in [3.8, 4) is 0 Å². The molecule has 0 heterocycles. The normalized spacial score (nSPS) is 20.1. The van der Waals surface area contributed by atoms with Gasteiger partial charge in [-0.2, -0.15) is 0 Å². The van der Waals surface area contributed by atoms with Crippen molar-refractivity contribution in [3.05, 3.63) is 23.7 Å². The van der Waals surface area contributed by atoms with Crippen LogP contribution in [0.2, 0.25) is 0 Å². The highest BCUT2D eigenvalue weighted by molar-refractivity contribution is 6.51. The van der Waals surface area contributed by atoms with Crippen LogP contribution in [0.5, 0.6) is 0 Å². The fraction of sp³-hybridized carbons (Fsp3) is 0.667. The molecule has 1 aliphatic carbocycles. The van der Waals surface area contributed by atoms with Crippen molar-refractivity contribution in [2.45, 2.75) is 39.8 Å². The van der Waals surface area contributed by atoms with E-state index in [1.807, 2.05) is 12.2 Å². The van der Waals surface area contributed by atoms with Gasteiger partial charge in [-0.25, -0.2) is 0 Å². The van der Waals surface area contributed by atoms with E-state index in [-0.39, 0.29) is 5.92 Å². The van der Waals surface area contributed by atoms with Gasteiger partial charge in [0.1, 0.15) is 0 Å². The van der Waals surface area contributed by atoms with Gasteiger partial charge in [-0.3, -0.25) is 4.90 Å². The van der Waals surface area contributed by atoms with E-state index in [0.29, 0.717) is 17.6 Å². The first-order valence-corrected chi connectivity index (χ1v) is 5.93. The smallest absolute Gasteiger partial charge is 0.423 e. The lowest BCUT2D eigenvalue weighted by Crippen LogP contribution is -2.41. The van der Waals surface area contributed by atoms with Crippen LogP contribution in [0.1, 0.15) is 27.7 Å². The Morgan fingerprint density at radius 3 is 2.25 bits per heavy atom. The number of hydrogen-bond donors (Lipinski definition) is 2. The van der Waals surface area contributed by atoms with Crippen molar-refractivity contribution in [3.63, 3.8) is 0 Å². The van der Waals surface area contributed by atoms with Crippen molar-refractivity contribution in [2.75, 3.05) is 6.54 Å². The van der Waals surface area contributed by atoms with E-state index < -0.39 is 7.12 Å². The average molecular weight is 223 g/mol. The largest absolute Gasteiger partial charge is 0.484 e. The van der Waals surface area contributed by atoms with Crippen molar-refractivity contribution in [1.82, 2.24) is 4.90 Å². The van der Waals surface area contributed by atoms with Gasteiger partial charge in [0.2, 0.25) is 0 Å². The van der Waals surface area contributed by atoms with Crippen LogP contribution in [-0.2, 0) is 0 Å². The summed E-state index contributed by atoms with van der Waals surface area (Å²) in [4.78, 5) is 2.36. The van der Waals surface area contributed by atoms with E-state index in [4.69, 9.17) is 0 Å². The number of allylic oxidation sites excluding steroid dienone is 2. The van der Waals surface area contributed by atoms with Gasteiger partial charge in [-0.15, -0.1) is 0 Å². The van der Waals surface area contributed by atoms with Gasteiger partial charge in [0, 0.05) is 24.5 Å². The molecule has 2 N–H and O–H groups in total. The zero-order valence-electron chi connectivity index (χ0n) is 10.6. The molecule has 1 atom stereocenters. The Hall–Kier alpha value is -0.575. The van der Waals surface area contributed by atoms with Crippen molar-refractivity contribution in [2.24, 2.45) is 5.92 Å². The molecule has 0 aliphatic heterocycles. The quantitative estimate of drug-likeness (QED) is 0.689. The summed E-state index contributed by atoms with van der Waals surface area (Å²) in [6.45, 7) is 9.50. The summed E-state index contributed by atoms with van der Waals surface area (Å²) in [6.07, 6.45) is 5.74. The van der Waals surface area contributed by atoms with Crippen LogP contribution in [-0.4, -0.2) is 40.7 Å². The van der Waals surface area contributed by atoms with Gasteiger partial charge in [-0.05, 0) is 33.2 Å². The van der Waals surface area contributed by atoms with Gasteiger partial charge in [0.25, 0.3) is 0 Å². The molecular formula is C12H22BNO2. The van der Waals surface area contributed by atoms with Gasteiger partial charge < -0.3 is 10.0 Å². The van der Waals surface area contributed by atoms with Crippen molar-refractivity contribution in [1.29, 1.82) is 0 Å². The maximum atomic E-state index is 9.24. The minimum Gasteiger partial charge on any atom is -0.423 e.